The maximum Gasteiger partial charge on any atom is 0.259 e. The van der Waals surface area contributed by atoms with E-state index in [0.717, 1.165) is 10.0 Å². The molecule has 2 amide bonds. The molecule has 2 N–H and O–H groups in total. The molecule has 24 heavy (non-hydrogen) atoms. The zero-order valence-corrected chi connectivity index (χ0v) is 15.2. The molecule has 0 aromatic heterocycles. The van der Waals surface area contributed by atoms with E-state index in [9.17, 15) is 9.59 Å². The van der Waals surface area contributed by atoms with Crippen LogP contribution in [0.3, 0.4) is 0 Å². The Labute approximate surface area is 153 Å². The lowest BCUT2D eigenvalue weighted by atomic mass is 10.1. The van der Waals surface area contributed by atoms with Crippen LogP contribution in [0.25, 0.3) is 0 Å². The summed E-state index contributed by atoms with van der Waals surface area (Å²) in [7, 11) is 0. The Morgan fingerprint density at radius 1 is 1.04 bits per heavy atom. The van der Waals surface area contributed by atoms with Gasteiger partial charge in [0.1, 0.15) is 0 Å². The molecule has 0 bridgehead atoms. The summed E-state index contributed by atoms with van der Waals surface area (Å²) in [5.41, 5.74) is 4.40. The summed E-state index contributed by atoms with van der Waals surface area (Å²) in [6.07, 6.45) is 0. The van der Waals surface area contributed by atoms with Crippen LogP contribution in [-0.2, 0) is 4.79 Å². The molecule has 0 heterocycles. The summed E-state index contributed by atoms with van der Waals surface area (Å²) < 4.78 is 0.966. The summed E-state index contributed by atoms with van der Waals surface area (Å²) in [5.74, 6) is -0.760. The molecule has 0 spiro atoms. The zero-order chi connectivity index (χ0) is 17.5. The maximum atomic E-state index is 11.9. The van der Waals surface area contributed by atoms with Crippen LogP contribution in [0.4, 0.5) is 0 Å². The van der Waals surface area contributed by atoms with Gasteiger partial charge in [0.25, 0.3) is 11.8 Å². The van der Waals surface area contributed by atoms with Crippen LogP contribution in [-0.4, -0.2) is 24.1 Å². The van der Waals surface area contributed by atoms with Crippen molar-refractivity contribution < 1.29 is 9.59 Å². The van der Waals surface area contributed by atoms with Crippen molar-refractivity contribution in [2.45, 2.75) is 6.92 Å². The van der Waals surface area contributed by atoms with Gasteiger partial charge in [0.05, 0.1) is 12.3 Å². The van der Waals surface area contributed by atoms with Crippen LogP contribution in [0.5, 0.6) is 0 Å². The van der Waals surface area contributed by atoms with Crippen molar-refractivity contribution in [1.82, 2.24) is 10.7 Å². The van der Waals surface area contributed by atoms with Crippen LogP contribution in [0.1, 0.15) is 22.8 Å². The molecule has 0 radical (unpaired) electrons. The number of carbonyl (C=O) groups is 2. The second kappa shape index (κ2) is 8.61. The van der Waals surface area contributed by atoms with Crippen molar-refractivity contribution in [2.75, 3.05) is 6.54 Å². The largest absolute Gasteiger partial charge is 0.343 e. The minimum absolute atomic E-state index is 0.168. The van der Waals surface area contributed by atoms with Gasteiger partial charge >= 0.3 is 0 Å². The molecule has 2 aromatic rings. The van der Waals surface area contributed by atoms with Crippen molar-refractivity contribution in [3.05, 3.63) is 69.2 Å². The molecule has 0 unspecified atom stereocenters. The highest BCUT2D eigenvalue weighted by molar-refractivity contribution is 9.10. The molecule has 0 fully saturated rings. The van der Waals surface area contributed by atoms with E-state index >= 15 is 0 Å². The lowest BCUT2D eigenvalue weighted by Crippen LogP contribution is -2.35. The molecule has 0 saturated heterocycles. The van der Waals surface area contributed by atoms with E-state index in [1.54, 1.807) is 31.2 Å². The lowest BCUT2D eigenvalue weighted by molar-refractivity contribution is -0.120. The summed E-state index contributed by atoms with van der Waals surface area (Å²) in [5, 5.41) is 7.08. The van der Waals surface area contributed by atoms with Gasteiger partial charge in [-0.05, 0) is 48.9 Å². The van der Waals surface area contributed by atoms with Crippen LogP contribution >= 0.6 is 27.5 Å². The van der Waals surface area contributed by atoms with E-state index < -0.39 is 5.91 Å². The Morgan fingerprint density at radius 3 is 2.25 bits per heavy atom. The van der Waals surface area contributed by atoms with Crippen LogP contribution in [0.2, 0.25) is 5.02 Å². The fourth-order valence-corrected chi connectivity index (χ4v) is 2.20. The molecule has 2 aromatic carbocycles. The molecule has 0 aliphatic rings. The number of benzene rings is 2. The first-order valence-corrected chi connectivity index (χ1v) is 8.25. The average molecular weight is 409 g/mol. The van der Waals surface area contributed by atoms with Gasteiger partial charge in [0, 0.05) is 15.1 Å². The number of hydrogen-bond acceptors (Lipinski definition) is 3. The first kappa shape index (κ1) is 18.2. The number of amides is 2. The molecular weight excluding hydrogens is 394 g/mol. The Hall–Kier alpha value is -2.18. The summed E-state index contributed by atoms with van der Waals surface area (Å²) in [4.78, 5) is 23.6. The topological polar surface area (TPSA) is 70.6 Å². The Bertz CT molecular complexity index is 758. The predicted octanol–water partition coefficient (Wildman–Crippen LogP) is 3.37. The second-order valence-electron chi connectivity index (χ2n) is 4.93. The third-order valence-electron chi connectivity index (χ3n) is 3.13. The molecule has 0 aliphatic carbocycles. The number of hydrazone groups is 1. The Balaban J connectivity index is 1.84. The van der Waals surface area contributed by atoms with Gasteiger partial charge in [-0.15, -0.1) is 0 Å². The fraction of sp³-hybridized carbons (Fsp3) is 0.118. The fourth-order valence-electron chi connectivity index (χ4n) is 1.81. The SMILES string of the molecule is C/C(=N\NC(=O)CNC(=O)c1ccc(Cl)cc1)c1ccc(Br)cc1. The first-order chi connectivity index (χ1) is 11.5. The Morgan fingerprint density at radius 2 is 1.62 bits per heavy atom. The number of halogens is 2. The van der Waals surface area contributed by atoms with Crippen molar-refractivity contribution >= 4 is 45.1 Å². The maximum absolute atomic E-state index is 11.9. The number of nitrogens with zero attached hydrogens (tertiary/aromatic N) is 1. The van der Waals surface area contributed by atoms with Gasteiger partial charge in [-0.2, -0.15) is 5.10 Å². The molecular formula is C17H15BrClN3O2. The molecule has 0 saturated carbocycles. The molecule has 124 valence electrons. The van der Waals surface area contributed by atoms with Gasteiger partial charge < -0.3 is 5.32 Å². The molecule has 7 heteroatoms. The predicted molar refractivity (Wildman–Crippen MR) is 98.3 cm³/mol. The van der Waals surface area contributed by atoms with Gasteiger partial charge in [-0.3, -0.25) is 9.59 Å². The third kappa shape index (κ3) is 5.47. The van der Waals surface area contributed by atoms with Crippen molar-refractivity contribution in [3.63, 3.8) is 0 Å². The normalized spacial score (nSPS) is 11.0. The highest BCUT2D eigenvalue weighted by atomic mass is 79.9. The zero-order valence-electron chi connectivity index (χ0n) is 12.8. The standard InChI is InChI=1S/C17H15BrClN3O2/c1-11(12-2-6-14(18)7-3-12)21-22-16(23)10-20-17(24)13-4-8-15(19)9-5-13/h2-9H,10H2,1H3,(H,20,24)(H,22,23)/b21-11+. The summed E-state index contributed by atoms with van der Waals surface area (Å²) in [6.45, 7) is 1.62. The second-order valence-corrected chi connectivity index (χ2v) is 6.28. The minimum atomic E-state index is -0.409. The van der Waals surface area contributed by atoms with Crippen molar-refractivity contribution in [3.8, 4) is 0 Å². The van der Waals surface area contributed by atoms with E-state index in [0.29, 0.717) is 16.3 Å². The van der Waals surface area contributed by atoms with Crippen LogP contribution in [0.15, 0.2) is 58.1 Å². The van der Waals surface area contributed by atoms with Gasteiger partial charge in [0.15, 0.2) is 0 Å². The highest BCUT2D eigenvalue weighted by Crippen LogP contribution is 2.11. The average Bonchev–Trinajstić information content (AvgIpc) is 2.58. The van der Waals surface area contributed by atoms with E-state index in [1.807, 2.05) is 24.3 Å². The molecule has 2 rings (SSSR count). The molecule has 0 atom stereocenters. The van der Waals surface area contributed by atoms with Crippen LogP contribution < -0.4 is 10.7 Å². The quantitative estimate of drug-likeness (QED) is 0.588. The first-order valence-electron chi connectivity index (χ1n) is 7.08. The number of carbonyl (C=O) groups excluding carboxylic acids is 2. The molecule has 0 aliphatic heterocycles. The summed E-state index contributed by atoms with van der Waals surface area (Å²) in [6, 6.07) is 14.0. The smallest absolute Gasteiger partial charge is 0.259 e. The monoisotopic (exact) mass is 407 g/mol. The number of hydrogen-bond donors (Lipinski definition) is 2. The Kier molecular flexibility index (Phi) is 6.52. The van der Waals surface area contributed by atoms with Gasteiger partial charge in [0.2, 0.25) is 0 Å². The van der Waals surface area contributed by atoms with E-state index in [4.69, 9.17) is 11.6 Å². The van der Waals surface area contributed by atoms with Crippen LogP contribution in [0, 0.1) is 0 Å². The van der Waals surface area contributed by atoms with Gasteiger partial charge in [-0.1, -0.05) is 39.7 Å². The number of rotatable bonds is 5. The number of nitrogens with one attached hydrogen (secondary N) is 2. The molecule has 5 nitrogen and oxygen atoms in total. The van der Waals surface area contributed by atoms with Gasteiger partial charge in [-0.25, -0.2) is 5.43 Å². The van der Waals surface area contributed by atoms with E-state index in [1.165, 1.54) is 0 Å². The van der Waals surface area contributed by atoms with Crippen molar-refractivity contribution in [2.24, 2.45) is 5.10 Å². The summed E-state index contributed by atoms with van der Waals surface area (Å²) >= 11 is 9.12. The lowest BCUT2D eigenvalue weighted by Gasteiger charge is -2.05. The minimum Gasteiger partial charge on any atom is -0.343 e. The van der Waals surface area contributed by atoms with Crippen molar-refractivity contribution in [1.29, 1.82) is 0 Å². The van der Waals surface area contributed by atoms with E-state index in [2.05, 4.69) is 31.8 Å². The third-order valence-corrected chi connectivity index (χ3v) is 3.91. The van der Waals surface area contributed by atoms with E-state index in [-0.39, 0.29) is 12.5 Å². The highest BCUT2D eigenvalue weighted by Gasteiger charge is 2.07.